The topological polar surface area (TPSA) is 61.1 Å². The molecule has 3 nitrogen and oxygen atoms in total. The first-order valence-electron chi connectivity index (χ1n) is 3.82. The second kappa shape index (κ2) is 4.02. The highest BCUT2D eigenvalue weighted by Gasteiger charge is 2.35. The predicted molar refractivity (Wildman–Crippen MR) is 48.1 cm³/mol. The van der Waals surface area contributed by atoms with Crippen molar-refractivity contribution in [3.8, 4) is 6.07 Å². The molecule has 0 saturated carbocycles. The van der Waals surface area contributed by atoms with Gasteiger partial charge in [-0.3, -0.25) is 0 Å². The summed E-state index contributed by atoms with van der Waals surface area (Å²) in [4.78, 5) is 10.6. The van der Waals surface area contributed by atoms with Crippen molar-refractivity contribution >= 4 is 17.6 Å². The number of alkyl halides is 3. The van der Waals surface area contributed by atoms with Gasteiger partial charge in [-0.15, -0.1) is 0 Å². The molecule has 0 amide bonds. The second-order valence-electron chi connectivity index (χ2n) is 2.76. The molecule has 1 aromatic rings. The van der Waals surface area contributed by atoms with E-state index in [1.54, 1.807) is 0 Å². The monoisotopic (exact) mass is 249 g/mol. The van der Waals surface area contributed by atoms with Crippen LogP contribution < -0.4 is 0 Å². The molecular formula is C9H3ClF3NO2. The summed E-state index contributed by atoms with van der Waals surface area (Å²) in [5, 5.41) is 16.4. The standard InChI is InChI=1S/C9H3ClF3NO2/c10-7-4(8(15)16)1-2-6(5(7)3-14)9(11,12)13/h1-2H,(H,15,16). The van der Waals surface area contributed by atoms with Crippen molar-refractivity contribution in [1.82, 2.24) is 0 Å². The molecule has 1 rings (SSSR count). The van der Waals surface area contributed by atoms with Crippen molar-refractivity contribution in [2.24, 2.45) is 0 Å². The van der Waals surface area contributed by atoms with Gasteiger partial charge in [0.15, 0.2) is 0 Å². The van der Waals surface area contributed by atoms with Crippen molar-refractivity contribution in [3.63, 3.8) is 0 Å². The zero-order chi connectivity index (χ0) is 12.5. The number of hydrogen-bond acceptors (Lipinski definition) is 2. The van der Waals surface area contributed by atoms with Gasteiger partial charge in [0.25, 0.3) is 0 Å². The van der Waals surface area contributed by atoms with E-state index in [2.05, 4.69) is 0 Å². The number of carboxylic acid groups (broad SMARTS) is 1. The van der Waals surface area contributed by atoms with E-state index in [1.807, 2.05) is 0 Å². The molecule has 16 heavy (non-hydrogen) atoms. The zero-order valence-corrected chi connectivity index (χ0v) is 8.23. The number of carbonyl (C=O) groups is 1. The SMILES string of the molecule is N#Cc1c(C(F)(F)F)ccc(C(=O)O)c1Cl. The van der Waals surface area contributed by atoms with Crippen LogP contribution in [0.15, 0.2) is 12.1 Å². The van der Waals surface area contributed by atoms with E-state index in [0.717, 1.165) is 0 Å². The molecule has 0 fully saturated rings. The maximum Gasteiger partial charge on any atom is 0.417 e. The number of halogens is 4. The summed E-state index contributed by atoms with van der Waals surface area (Å²) in [5.74, 6) is -1.49. The highest BCUT2D eigenvalue weighted by Crippen LogP contribution is 2.36. The number of nitrogens with zero attached hydrogens (tertiary/aromatic N) is 1. The maximum atomic E-state index is 12.4. The lowest BCUT2D eigenvalue weighted by molar-refractivity contribution is -0.137. The van der Waals surface area contributed by atoms with Gasteiger partial charge >= 0.3 is 12.1 Å². The van der Waals surface area contributed by atoms with E-state index in [9.17, 15) is 18.0 Å². The first kappa shape index (κ1) is 12.3. The molecule has 0 aliphatic heterocycles. The Morgan fingerprint density at radius 3 is 2.38 bits per heavy atom. The van der Waals surface area contributed by atoms with Crippen LogP contribution in [0.1, 0.15) is 21.5 Å². The molecule has 1 N–H and O–H groups in total. The summed E-state index contributed by atoms with van der Waals surface area (Å²) in [5.41, 5.74) is -2.66. The number of benzene rings is 1. The lowest BCUT2D eigenvalue weighted by Crippen LogP contribution is -2.10. The summed E-state index contributed by atoms with van der Waals surface area (Å²) in [6.45, 7) is 0. The van der Waals surface area contributed by atoms with Crippen LogP contribution in [-0.4, -0.2) is 11.1 Å². The largest absolute Gasteiger partial charge is 0.478 e. The first-order chi connectivity index (χ1) is 7.29. The van der Waals surface area contributed by atoms with Crippen molar-refractivity contribution in [3.05, 3.63) is 33.8 Å². The van der Waals surface area contributed by atoms with Crippen LogP contribution in [0.3, 0.4) is 0 Å². The van der Waals surface area contributed by atoms with Gasteiger partial charge in [0.1, 0.15) is 6.07 Å². The van der Waals surface area contributed by atoms with Gasteiger partial charge in [-0.1, -0.05) is 11.6 Å². The van der Waals surface area contributed by atoms with Gasteiger partial charge in [0, 0.05) is 0 Å². The van der Waals surface area contributed by atoms with Crippen LogP contribution in [0.2, 0.25) is 5.02 Å². The molecule has 1 aromatic carbocycles. The van der Waals surface area contributed by atoms with E-state index < -0.39 is 33.9 Å². The fourth-order valence-corrected chi connectivity index (χ4v) is 1.37. The van der Waals surface area contributed by atoms with Crippen LogP contribution >= 0.6 is 11.6 Å². The van der Waals surface area contributed by atoms with E-state index in [1.165, 1.54) is 6.07 Å². The average molecular weight is 250 g/mol. The molecule has 84 valence electrons. The third-order valence-electron chi connectivity index (χ3n) is 1.79. The quantitative estimate of drug-likeness (QED) is 0.832. The highest BCUT2D eigenvalue weighted by atomic mass is 35.5. The van der Waals surface area contributed by atoms with Gasteiger partial charge in [-0.25, -0.2) is 4.79 Å². The lowest BCUT2D eigenvalue weighted by Gasteiger charge is -2.10. The molecule has 0 spiro atoms. The van der Waals surface area contributed by atoms with Gasteiger partial charge < -0.3 is 5.11 Å². The molecule has 0 bridgehead atoms. The minimum atomic E-state index is -4.74. The Morgan fingerprint density at radius 2 is 2.00 bits per heavy atom. The Hall–Kier alpha value is -1.74. The summed E-state index contributed by atoms with van der Waals surface area (Å²) in [6.07, 6.45) is -4.74. The fourth-order valence-electron chi connectivity index (χ4n) is 1.09. The van der Waals surface area contributed by atoms with Crippen LogP contribution in [0.25, 0.3) is 0 Å². The van der Waals surface area contributed by atoms with E-state index >= 15 is 0 Å². The molecular weight excluding hydrogens is 247 g/mol. The van der Waals surface area contributed by atoms with Crippen molar-refractivity contribution in [2.75, 3.05) is 0 Å². The summed E-state index contributed by atoms with van der Waals surface area (Å²) in [6, 6.07) is 2.49. The number of nitriles is 1. The number of rotatable bonds is 1. The van der Waals surface area contributed by atoms with Crippen LogP contribution in [0.4, 0.5) is 13.2 Å². The molecule has 0 saturated heterocycles. The molecule has 0 aromatic heterocycles. The maximum absolute atomic E-state index is 12.4. The summed E-state index contributed by atoms with van der Waals surface area (Å²) in [7, 11) is 0. The normalized spacial score (nSPS) is 10.9. The predicted octanol–water partition coefficient (Wildman–Crippen LogP) is 2.93. The Balaban J connectivity index is 3.56. The first-order valence-corrected chi connectivity index (χ1v) is 4.20. The molecule has 0 heterocycles. The number of hydrogen-bond donors (Lipinski definition) is 1. The lowest BCUT2D eigenvalue weighted by atomic mass is 10.0. The van der Waals surface area contributed by atoms with E-state index in [0.29, 0.717) is 12.1 Å². The van der Waals surface area contributed by atoms with Crippen molar-refractivity contribution < 1.29 is 23.1 Å². The second-order valence-corrected chi connectivity index (χ2v) is 3.14. The third kappa shape index (κ3) is 2.09. The Morgan fingerprint density at radius 1 is 1.44 bits per heavy atom. The zero-order valence-electron chi connectivity index (χ0n) is 7.47. The van der Waals surface area contributed by atoms with Crippen LogP contribution in [0, 0.1) is 11.3 Å². The van der Waals surface area contributed by atoms with Gasteiger partial charge in [-0.05, 0) is 12.1 Å². The van der Waals surface area contributed by atoms with Crippen molar-refractivity contribution in [1.29, 1.82) is 5.26 Å². The van der Waals surface area contributed by atoms with Crippen LogP contribution in [-0.2, 0) is 6.18 Å². The molecule has 0 aliphatic rings. The average Bonchev–Trinajstić information content (AvgIpc) is 2.15. The van der Waals surface area contributed by atoms with E-state index in [-0.39, 0.29) is 0 Å². The summed E-state index contributed by atoms with van der Waals surface area (Å²) < 4.78 is 37.2. The number of carboxylic acids is 1. The fraction of sp³-hybridized carbons (Fsp3) is 0.111. The van der Waals surface area contributed by atoms with Gasteiger partial charge in [-0.2, -0.15) is 18.4 Å². The van der Waals surface area contributed by atoms with E-state index in [4.69, 9.17) is 22.0 Å². The van der Waals surface area contributed by atoms with Gasteiger partial charge in [0.05, 0.1) is 21.7 Å². The third-order valence-corrected chi connectivity index (χ3v) is 2.18. The molecule has 0 aliphatic carbocycles. The molecule has 0 atom stereocenters. The minimum Gasteiger partial charge on any atom is -0.478 e. The van der Waals surface area contributed by atoms with Crippen molar-refractivity contribution in [2.45, 2.75) is 6.18 Å². The smallest absolute Gasteiger partial charge is 0.417 e. The summed E-state index contributed by atoms with van der Waals surface area (Å²) >= 11 is 5.41. The molecule has 0 radical (unpaired) electrons. The molecule has 0 unspecified atom stereocenters. The highest BCUT2D eigenvalue weighted by molar-refractivity contribution is 6.34. The Bertz CT molecular complexity index is 491. The Labute approximate surface area is 92.7 Å². The van der Waals surface area contributed by atoms with Crippen LogP contribution in [0.5, 0.6) is 0 Å². The van der Waals surface area contributed by atoms with Gasteiger partial charge in [0.2, 0.25) is 0 Å². The molecule has 7 heteroatoms. The minimum absolute atomic E-state index is 0.522. The Kier molecular flexibility index (Phi) is 3.10. The number of aromatic carboxylic acids is 1.